The van der Waals surface area contributed by atoms with Crippen molar-refractivity contribution in [3.8, 4) is 0 Å². The zero-order chi connectivity index (χ0) is 54.7. The van der Waals surface area contributed by atoms with Gasteiger partial charge in [0.25, 0.3) is 0 Å². The summed E-state index contributed by atoms with van der Waals surface area (Å²) >= 11 is 0. The highest BCUT2D eigenvalue weighted by Crippen LogP contribution is 2.35. The number of aliphatic hydroxyl groups is 6. The van der Waals surface area contributed by atoms with Crippen LogP contribution >= 0.6 is 0 Å². The van der Waals surface area contributed by atoms with Gasteiger partial charge in [0.2, 0.25) is 12.2 Å². The molecular formula is C47H84N6O19. The summed E-state index contributed by atoms with van der Waals surface area (Å²) < 4.78 is 47.1. The Bertz CT molecular complexity index is 1820. The van der Waals surface area contributed by atoms with Crippen LogP contribution in [0.5, 0.6) is 0 Å². The van der Waals surface area contributed by atoms with Gasteiger partial charge in [-0.2, -0.15) is 0 Å². The topological polar surface area (TPSA) is 335 Å². The molecule has 2 aliphatic heterocycles. The highest BCUT2D eigenvalue weighted by Gasteiger charge is 2.55. The lowest BCUT2D eigenvalue weighted by molar-refractivity contribution is -0.311. The van der Waals surface area contributed by atoms with E-state index >= 15 is 0 Å². The first-order valence-electron chi connectivity index (χ1n) is 24.2. The van der Waals surface area contributed by atoms with Crippen molar-refractivity contribution >= 4 is 30.3 Å². The Morgan fingerprint density at radius 2 is 1.22 bits per heavy atom. The minimum absolute atomic E-state index is 0.0714. The molecule has 3 rings (SSSR count). The van der Waals surface area contributed by atoms with Gasteiger partial charge in [-0.3, -0.25) is 9.69 Å². The van der Waals surface area contributed by atoms with E-state index in [0.29, 0.717) is 5.76 Å². The van der Waals surface area contributed by atoms with Gasteiger partial charge in [0.15, 0.2) is 6.29 Å². The van der Waals surface area contributed by atoms with E-state index in [4.69, 9.17) is 37.9 Å². The van der Waals surface area contributed by atoms with Gasteiger partial charge in [-0.15, -0.1) is 0 Å². The summed E-state index contributed by atoms with van der Waals surface area (Å²) in [5.74, 6) is -0.704. The summed E-state index contributed by atoms with van der Waals surface area (Å²) in [5, 5.41) is 77.1. The van der Waals surface area contributed by atoms with Crippen LogP contribution in [-0.2, 0) is 42.7 Å². The normalized spacial score (nSPS) is 28.6. The van der Waals surface area contributed by atoms with E-state index in [2.05, 4.69) is 21.3 Å². The summed E-state index contributed by atoms with van der Waals surface area (Å²) in [6.45, 7) is 20.3. The van der Waals surface area contributed by atoms with Crippen LogP contribution in [0.1, 0.15) is 109 Å². The number of nitrogens with zero attached hydrogens (tertiary/aromatic N) is 2. The summed E-state index contributed by atoms with van der Waals surface area (Å²) in [4.78, 5) is 69.0. The molecule has 1 saturated carbocycles. The number of hydrogen-bond donors (Lipinski definition) is 10. The van der Waals surface area contributed by atoms with Crippen molar-refractivity contribution in [2.75, 3.05) is 53.0 Å². The molecule has 12 atom stereocenters. The van der Waals surface area contributed by atoms with Crippen LogP contribution in [0.2, 0.25) is 0 Å². The average molecular weight is 1040 g/mol. The minimum atomic E-state index is -1.93. The van der Waals surface area contributed by atoms with Crippen LogP contribution in [0, 0.1) is 0 Å². The van der Waals surface area contributed by atoms with Gasteiger partial charge in [-0.25, -0.2) is 19.2 Å². The van der Waals surface area contributed by atoms with Crippen LogP contribution in [0.25, 0.3) is 0 Å². The van der Waals surface area contributed by atoms with Crippen molar-refractivity contribution in [2.24, 2.45) is 0 Å². The molecule has 25 nitrogen and oxygen atoms in total. The van der Waals surface area contributed by atoms with Gasteiger partial charge in [-0.1, -0.05) is 0 Å². The highest BCUT2D eigenvalue weighted by atomic mass is 16.7. The van der Waals surface area contributed by atoms with Gasteiger partial charge >= 0.3 is 24.4 Å². The number of ether oxygens (including phenoxy) is 8. The SMILES string of the molecule is CN(C(=O)OC(C)(C)C)[C@@H]1[C@@H](O)[C@@H](O[C@@H]2[C@@H](O)[C@H](O[C@H]3OC(CN(CCO)CCO)=CC[C@H]3NC(=O)OC(C)(C)C)[C@@H](NC(=O)OC(C)(C)C)C[C@H]2NC(=O)[C@@H](O)CCNC(=O)OC(C)(C)C)OC[C@]1(C)O. The lowest BCUT2D eigenvalue weighted by atomic mass is 9.82. The second-order valence-electron chi connectivity index (χ2n) is 22.5. The van der Waals surface area contributed by atoms with E-state index in [9.17, 15) is 54.6 Å². The Labute approximate surface area is 422 Å². The van der Waals surface area contributed by atoms with Crippen LogP contribution in [0.15, 0.2) is 11.8 Å². The number of alkyl carbamates (subject to hydrolysis) is 3. The standard InChI is InChI=1S/C47H84N6O19/c1-43(2,3)69-39(60)48-18-17-30(56)36(59)49-28-23-29(51-41(62)71-45(7,8)9)34(31(57)33(28)68-38-32(58)35(47(13,64)25-65-38)52(14)42(63)72-46(10,11)12)67-37-27(50-40(61)70-44(4,5)6)16-15-26(66-37)24-53(19-21-54)20-22-55/h15,27-35,37-38,54-58,64H,16-25H2,1-14H3,(H,48,60)(H,49,59)(H,50,61)(H,51,62)/t27-,28-,29+,30+,31-,32-,33+,34-,35-,37-,38-,47+/m1/s1. The van der Waals surface area contributed by atoms with E-state index in [1.165, 1.54) is 14.0 Å². The number of hydrogen-bond acceptors (Lipinski definition) is 20. The van der Waals surface area contributed by atoms with Gasteiger partial charge < -0.3 is 94.7 Å². The molecule has 1 saturated heterocycles. The summed E-state index contributed by atoms with van der Waals surface area (Å²) in [5.41, 5.74) is -5.61. The largest absolute Gasteiger partial charge is 0.466 e. The molecular weight excluding hydrogens is 953 g/mol. The van der Waals surface area contributed by atoms with E-state index < -0.39 is 132 Å². The molecule has 72 heavy (non-hydrogen) atoms. The summed E-state index contributed by atoms with van der Waals surface area (Å²) in [6, 6.07) is -5.12. The van der Waals surface area contributed by atoms with Crippen molar-refractivity contribution in [3.05, 3.63) is 11.8 Å². The first-order valence-corrected chi connectivity index (χ1v) is 24.2. The highest BCUT2D eigenvalue weighted by molar-refractivity contribution is 5.81. The van der Waals surface area contributed by atoms with Crippen LogP contribution in [0.4, 0.5) is 19.2 Å². The Morgan fingerprint density at radius 3 is 1.74 bits per heavy atom. The molecule has 0 radical (unpaired) electrons. The van der Waals surface area contributed by atoms with E-state index in [1.807, 2.05) is 0 Å². The van der Waals surface area contributed by atoms with Crippen molar-refractivity contribution in [1.82, 2.24) is 31.1 Å². The molecule has 0 aromatic rings. The number of likely N-dealkylation sites (N-methyl/N-ethyl adjacent to an activating group) is 1. The fourth-order valence-electron chi connectivity index (χ4n) is 8.04. The third-order valence-corrected chi connectivity index (χ3v) is 11.0. The maximum absolute atomic E-state index is 13.8. The lowest BCUT2D eigenvalue weighted by Gasteiger charge is -2.50. The molecule has 25 heteroatoms. The van der Waals surface area contributed by atoms with E-state index in [1.54, 1.807) is 94.1 Å². The van der Waals surface area contributed by atoms with E-state index in [0.717, 1.165) is 4.90 Å². The van der Waals surface area contributed by atoms with Gasteiger partial charge in [-0.05, 0) is 115 Å². The number of aliphatic hydroxyl groups excluding tert-OH is 5. The second kappa shape index (κ2) is 25.8. The quantitative estimate of drug-likeness (QED) is 0.0844. The van der Waals surface area contributed by atoms with Crippen LogP contribution in [-0.4, -0.2) is 219 Å². The third kappa shape index (κ3) is 20.2. The van der Waals surface area contributed by atoms with Gasteiger partial charge in [0.05, 0.1) is 50.5 Å². The zero-order valence-corrected chi connectivity index (χ0v) is 44.4. The molecule has 5 amide bonds. The molecule has 2 heterocycles. The summed E-state index contributed by atoms with van der Waals surface area (Å²) in [7, 11) is 1.30. The third-order valence-electron chi connectivity index (χ3n) is 11.0. The van der Waals surface area contributed by atoms with Gasteiger partial charge in [0, 0.05) is 26.7 Å². The Balaban J connectivity index is 2.14. The predicted octanol–water partition coefficient (Wildman–Crippen LogP) is 0.689. The molecule has 1 aliphatic carbocycles. The monoisotopic (exact) mass is 1040 g/mol. The Hall–Kier alpha value is -4.31. The van der Waals surface area contributed by atoms with E-state index in [-0.39, 0.29) is 58.7 Å². The lowest BCUT2D eigenvalue weighted by Crippen LogP contribution is -2.71. The maximum Gasteiger partial charge on any atom is 0.410 e. The number of carbonyl (C=O) groups is 5. The second-order valence-corrected chi connectivity index (χ2v) is 22.5. The molecule has 3 aliphatic rings. The molecule has 0 spiro atoms. The molecule has 0 aromatic heterocycles. The Morgan fingerprint density at radius 1 is 0.736 bits per heavy atom. The minimum Gasteiger partial charge on any atom is -0.466 e. The molecule has 10 N–H and O–H groups in total. The molecule has 0 unspecified atom stereocenters. The Kier molecular flexibility index (Phi) is 22.2. The molecule has 2 fully saturated rings. The summed E-state index contributed by atoms with van der Waals surface area (Å²) in [6.07, 6.45) is -14.4. The molecule has 416 valence electrons. The molecule has 0 bridgehead atoms. The van der Waals surface area contributed by atoms with Gasteiger partial charge in [0.1, 0.15) is 64.3 Å². The fourth-order valence-corrected chi connectivity index (χ4v) is 8.04. The molecule has 0 aromatic carbocycles. The first-order chi connectivity index (χ1) is 33.0. The average Bonchev–Trinajstić information content (AvgIpc) is 3.19. The zero-order valence-electron chi connectivity index (χ0n) is 44.4. The van der Waals surface area contributed by atoms with Crippen molar-refractivity contribution in [3.63, 3.8) is 0 Å². The smallest absolute Gasteiger partial charge is 0.410 e. The van der Waals surface area contributed by atoms with Crippen molar-refractivity contribution in [2.45, 2.75) is 205 Å². The first kappa shape index (κ1) is 62.0. The number of amides is 5. The van der Waals surface area contributed by atoms with Crippen LogP contribution in [0.3, 0.4) is 0 Å². The number of carbonyl (C=O) groups excluding carboxylic acids is 5. The number of rotatable bonds is 18. The predicted molar refractivity (Wildman–Crippen MR) is 256 cm³/mol. The fraction of sp³-hybridized carbons (Fsp3) is 0.851. The number of nitrogens with one attached hydrogen (secondary N) is 4. The maximum atomic E-state index is 13.8. The van der Waals surface area contributed by atoms with Crippen molar-refractivity contribution in [1.29, 1.82) is 0 Å². The van der Waals surface area contributed by atoms with Crippen molar-refractivity contribution < 1.29 is 92.5 Å². The van der Waals surface area contributed by atoms with Crippen LogP contribution < -0.4 is 21.3 Å².